The number of aromatic nitrogens is 1. The van der Waals surface area contributed by atoms with Gasteiger partial charge in [0, 0.05) is 41.1 Å². The zero-order valence-electron chi connectivity index (χ0n) is 15.8. The van der Waals surface area contributed by atoms with Crippen molar-refractivity contribution in [1.82, 2.24) is 10.1 Å². The second kappa shape index (κ2) is 7.72. The Hall–Kier alpha value is -2.34. The molecule has 1 saturated heterocycles. The fourth-order valence-electron chi connectivity index (χ4n) is 3.04. The van der Waals surface area contributed by atoms with E-state index >= 15 is 0 Å². The number of amides is 2. The summed E-state index contributed by atoms with van der Waals surface area (Å²) in [4.78, 5) is 26.8. The highest BCUT2D eigenvalue weighted by Gasteiger charge is 2.29. The van der Waals surface area contributed by atoms with Gasteiger partial charge in [0.15, 0.2) is 5.82 Å². The Morgan fingerprint density at radius 2 is 1.81 bits per heavy atom. The third-order valence-corrected chi connectivity index (χ3v) is 5.00. The summed E-state index contributed by atoms with van der Waals surface area (Å²) in [7, 11) is 0. The molecule has 0 saturated carbocycles. The van der Waals surface area contributed by atoms with E-state index in [-0.39, 0.29) is 23.1 Å². The summed E-state index contributed by atoms with van der Waals surface area (Å²) in [5.41, 5.74) is 0.447. The van der Waals surface area contributed by atoms with Gasteiger partial charge in [-0.25, -0.2) is 0 Å². The number of anilines is 1. The quantitative estimate of drug-likeness (QED) is 0.856. The first-order chi connectivity index (χ1) is 12.7. The molecule has 2 heterocycles. The molecule has 144 valence electrons. The van der Waals surface area contributed by atoms with E-state index in [9.17, 15) is 9.59 Å². The minimum absolute atomic E-state index is 0.0307. The van der Waals surface area contributed by atoms with E-state index in [0.717, 1.165) is 5.76 Å². The topological polar surface area (TPSA) is 75.4 Å². The second-order valence-electron chi connectivity index (χ2n) is 7.89. The maximum absolute atomic E-state index is 12.5. The molecule has 1 aromatic carbocycles. The molecule has 6 nitrogen and oxygen atoms in total. The molecule has 0 aliphatic carbocycles. The van der Waals surface area contributed by atoms with Crippen LogP contribution in [0.3, 0.4) is 0 Å². The van der Waals surface area contributed by atoms with Crippen LogP contribution in [-0.2, 0) is 10.2 Å². The van der Waals surface area contributed by atoms with E-state index in [1.54, 1.807) is 35.2 Å². The van der Waals surface area contributed by atoms with Crippen LogP contribution in [0.1, 0.15) is 49.7 Å². The van der Waals surface area contributed by atoms with Crippen molar-refractivity contribution >= 4 is 29.2 Å². The van der Waals surface area contributed by atoms with Gasteiger partial charge in [-0.1, -0.05) is 37.5 Å². The summed E-state index contributed by atoms with van der Waals surface area (Å²) < 4.78 is 5.30. The first-order valence-corrected chi connectivity index (χ1v) is 9.45. The van der Waals surface area contributed by atoms with Gasteiger partial charge in [0.1, 0.15) is 5.76 Å². The first-order valence-electron chi connectivity index (χ1n) is 9.07. The number of hydrogen-bond acceptors (Lipinski definition) is 4. The summed E-state index contributed by atoms with van der Waals surface area (Å²) in [6.45, 7) is 7.16. The van der Waals surface area contributed by atoms with Gasteiger partial charge in [0.2, 0.25) is 5.91 Å². The van der Waals surface area contributed by atoms with Gasteiger partial charge < -0.3 is 14.7 Å². The average molecular weight is 390 g/mol. The van der Waals surface area contributed by atoms with E-state index in [1.165, 1.54) is 0 Å². The Labute approximate surface area is 163 Å². The molecule has 1 N–H and O–H groups in total. The summed E-state index contributed by atoms with van der Waals surface area (Å²) >= 11 is 5.87. The van der Waals surface area contributed by atoms with Gasteiger partial charge >= 0.3 is 0 Å². The van der Waals surface area contributed by atoms with E-state index < -0.39 is 0 Å². The molecule has 1 aliphatic rings. The van der Waals surface area contributed by atoms with Crippen molar-refractivity contribution in [1.29, 1.82) is 0 Å². The number of nitrogens with one attached hydrogen (secondary N) is 1. The van der Waals surface area contributed by atoms with Crippen molar-refractivity contribution in [3.05, 3.63) is 46.7 Å². The van der Waals surface area contributed by atoms with Crippen LogP contribution in [0, 0.1) is 5.92 Å². The molecular formula is C20H24ClN3O3. The van der Waals surface area contributed by atoms with E-state index in [4.69, 9.17) is 16.1 Å². The van der Waals surface area contributed by atoms with Gasteiger partial charge in [-0.3, -0.25) is 9.59 Å². The number of benzene rings is 1. The largest absolute Gasteiger partial charge is 0.359 e. The normalized spacial score (nSPS) is 15.6. The minimum atomic E-state index is -0.163. The van der Waals surface area contributed by atoms with Crippen LogP contribution >= 0.6 is 11.6 Å². The standard InChI is InChI=1S/C20H24ClN3O3/c1-20(2,3)16-12-17(23-27-16)22-18(25)13-8-10-24(11-9-13)19(26)14-4-6-15(21)7-5-14/h4-7,12-13H,8-11H2,1-3H3,(H,22,23,25). The highest BCUT2D eigenvalue weighted by atomic mass is 35.5. The van der Waals surface area contributed by atoms with E-state index in [0.29, 0.717) is 42.3 Å². The predicted molar refractivity (Wildman–Crippen MR) is 104 cm³/mol. The molecule has 3 rings (SSSR count). The van der Waals surface area contributed by atoms with Crippen LogP contribution in [0.2, 0.25) is 5.02 Å². The van der Waals surface area contributed by atoms with Gasteiger partial charge in [-0.2, -0.15) is 0 Å². The Morgan fingerprint density at radius 1 is 1.19 bits per heavy atom. The number of hydrogen-bond donors (Lipinski definition) is 1. The number of nitrogens with zero attached hydrogens (tertiary/aromatic N) is 2. The summed E-state index contributed by atoms with van der Waals surface area (Å²) in [5, 5.41) is 7.35. The Balaban J connectivity index is 1.54. The zero-order valence-corrected chi connectivity index (χ0v) is 16.5. The summed E-state index contributed by atoms with van der Waals surface area (Å²) in [5.74, 6) is 0.902. The molecule has 0 unspecified atom stereocenters. The van der Waals surface area contributed by atoms with Crippen LogP contribution in [0.15, 0.2) is 34.9 Å². The van der Waals surface area contributed by atoms with Crippen molar-refractivity contribution in [3.8, 4) is 0 Å². The van der Waals surface area contributed by atoms with Crippen LogP contribution < -0.4 is 5.32 Å². The molecule has 1 aliphatic heterocycles. The lowest BCUT2D eigenvalue weighted by atomic mass is 9.93. The van der Waals surface area contributed by atoms with Gasteiger partial charge in [0.25, 0.3) is 5.91 Å². The molecule has 0 radical (unpaired) electrons. The molecular weight excluding hydrogens is 366 g/mol. The first kappa shape index (κ1) is 19.4. The monoisotopic (exact) mass is 389 g/mol. The Bertz CT molecular complexity index is 816. The summed E-state index contributed by atoms with van der Waals surface area (Å²) in [6.07, 6.45) is 1.24. The lowest BCUT2D eigenvalue weighted by Crippen LogP contribution is -2.41. The van der Waals surface area contributed by atoms with Crippen molar-refractivity contribution in [3.63, 3.8) is 0 Å². The third kappa shape index (κ3) is 4.69. The number of halogens is 1. The number of likely N-dealkylation sites (tertiary alicyclic amines) is 1. The molecule has 0 bridgehead atoms. The van der Waals surface area contributed by atoms with Crippen LogP contribution in [0.25, 0.3) is 0 Å². The van der Waals surface area contributed by atoms with Crippen LogP contribution in [0.5, 0.6) is 0 Å². The number of carbonyl (C=O) groups excluding carboxylic acids is 2. The minimum Gasteiger partial charge on any atom is -0.359 e. The molecule has 0 spiro atoms. The summed E-state index contributed by atoms with van der Waals surface area (Å²) in [6, 6.07) is 8.62. The molecule has 0 atom stereocenters. The second-order valence-corrected chi connectivity index (χ2v) is 8.33. The highest BCUT2D eigenvalue weighted by molar-refractivity contribution is 6.30. The van der Waals surface area contributed by atoms with Gasteiger partial charge in [-0.15, -0.1) is 0 Å². The Morgan fingerprint density at radius 3 is 2.37 bits per heavy atom. The average Bonchev–Trinajstić information content (AvgIpc) is 3.11. The zero-order chi connectivity index (χ0) is 19.6. The maximum atomic E-state index is 12.5. The van der Waals surface area contributed by atoms with E-state index in [2.05, 4.69) is 10.5 Å². The van der Waals surface area contributed by atoms with Crippen LogP contribution in [-0.4, -0.2) is 35.0 Å². The molecule has 27 heavy (non-hydrogen) atoms. The number of piperidine rings is 1. The maximum Gasteiger partial charge on any atom is 0.253 e. The fourth-order valence-corrected chi connectivity index (χ4v) is 3.16. The Kier molecular flexibility index (Phi) is 5.56. The fraction of sp³-hybridized carbons (Fsp3) is 0.450. The molecule has 1 aromatic heterocycles. The van der Waals surface area contributed by atoms with Crippen LogP contribution in [0.4, 0.5) is 5.82 Å². The number of rotatable bonds is 3. The number of carbonyl (C=O) groups is 2. The smallest absolute Gasteiger partial charge is 0.253 e. The lowest BCUT2D eigenvalue weighted by Gasteiger charge is -2.31. The van der Waals surface area contributed by atoms with Crippen molar-refractivity contribution in [2.45, 2.75) is 39.0 Å². The molecule has 2 amide bonds. The van der Waals surface area contributed by atoms with Crippen molar-refractivity contribution in [2.24, 2.45) is 5.92 Å². The van der Waals surface area contributed by atoms with Crippen molar-refractivity contribution in [2.75, 3.05) is 18.4 Å². The molecule has 1 fully saturated rings. The van der Waals surface area contributed by atoms with Crippen molar-refractivity contribution < 1.29 is 14.1 Å². The SMILES string of the molecule is CC(C)(C)c1cc(NC(=O)C2CCN(C(=O)c3ccc(Cl)cc3)CC2)no1. The lowest BCUT2D eigenvalue weighted by molar-refractivity contribution is -0.121. The van der Waals surface area contributed by atoms with E-state index in [1.807, 2.05) is 20.8 Å². The molecule has 7 heteroatoms. The third-order valence-electron chi connectivity index (χ3n) is 4.74. The molecule has 2 aromatic rings. The predicted octanol–water partition coefficient (Wildman–Crippen LogP) is 4.12. The highest BCUT2D eigenvalue weighted by Crippen LogP contribution is 2.26. The van der Waals surface area contributed by atoms with Gasteiger partial charge in [0.05, 0.1) is 0 Å². The van der Waals surface area contributed by atoms with Gasteiger partial charge in [-0.05, 0) is 37.1 Å².